The minimum absolute atomic E-state index is 0.272. The molecule has 0 aromatic rings. The standard InChI is InChI=1S/C12H26N2O/c1-6-12(4)9-14(10(2)7-13-12)11(3)8-15-5/h10-11,13H,6-9H2,1-5H3. The average molecular weight is 214 g/mol. The van der Waals surface area contributed by atoms with Crippen LogP contribution in [0.1, 0.15) is 34.1 Å². The molecule has 1 saturated heterocycles. The summed E-state index contributed by atoms with van der Waals surface area (Å²) in [6.07, 6.45) is 1.18. The van der Waals surface area contributed by atoms with Crippen LogP contribution in [0.2, 0.25) is 0 Å². The van der Waals surface area contributed by atoms with Crippen LogP contribution >= 0.6 is 0 Å². The van der Waals surface area contributed by atoms with Crippen molar-refractivity contribution in [1.82, 2.24) is 10.2 Å². The zero-order valence-electron chi connectivity index (χ0n) is 10.8. The van der Waals surface area contributed by atoms with Crippen LogP contribution in [-0.2, 0) is 4.74 Å². The quantitative estimate of drug-likeness (QED) is 0.767. The maximum absolute atomic E-state index is 5.24. The molecule has 0 bridgehead atoms. The Morgan fingerprint density at radius 1 is 1.60 bits per heavy atom. The topological polar surface area (TPSA) is 24.5 Å². The van der Waals surface area contributed by atoms with Crippen molar-refractivity contribution in [3.8, 4) is 0 Å². The molecule has 3 nitrogen and oxygen atoms in total. The largest absolute Gasteiger partial charge is 0.383 e. The zero-order valence-corrected chi connectivity index (χ0v) is 10.8. The first-order chi connectivity index (χ1) is 7.02. The Labute approximate surface area is 94.2 Å². The summed E-state index contributed by atoms with van der Waals surface area (Å²) in [6.45, 7) is 12.1. The molecule has 1 rings (SSSR count). The molecule has 0 radical (unpaired) electrons. The van der Waals surface area contributed by atoms with Gasteiger partial charge in [0, 0.05) is 37.8 Å². The van der Waals surface area contributed by atoms with Crippen molar-refractivity contribution in [3.63, 3.8) is 0 Å². The van der Waals surface area contributed by atoms with Gasteiger partial charge in [-0.3, -0.25) is 4.90 Å². The van der Waals surface area contributed by atoms with Gasteiger partial charge in [0.1, 0.15) is 0 Å². The Morgan fingerprint density at radius 3 is 2.80 bits per heavy atom. The monoisotopic (exact) mass is 214 g/mol. The van der Waals surface area contributed by atoms with Gasteiger partial charge in [-0.25, -0.2) is 0 Å². The number of methoxy groups -OCH3 is 1. The lowest BCUT2D eigenvalue weighted by Gasteiger charge is -2.47. The van der Waals surface area contributed by atoms with E-state index in [-0.39, 0.29) is 5.54 Å². The molecule has 0 spiro atoms. The number of nitrogens with one attached hydrogen (secondary N) is 1. The van der Waals surface area contributed by atoms with Gasteiger partial charge < -0.3 is 10.1 Å². The highest BCUT2D eigenvalue weighted by Gasteiger charge is 2.34. The molecule has 15 heavy (non-hydrogen) atoms. The van der Waals surface area contributed by atoms with E-state index in [2.05, 4.69) is 37.9 Å². The van der Waals surface area contributed by atoms with Crippen LogP contribution in [0.3, 0.4) is 0 Å². The van der Waals surface area contributed by atoms with Crippen LogP contribution in [0.25, 0.3) is 0 Å². The summed E-state index contributed by atoms with van der Waals surface area (Å²) < 4.78 is 5.24. The molecule has 1 aliphatic rings. The molecule has 90 valence electrons. The predicted octanol–water partition coefficient (Wildman–Crippen LogP) is 1.48. The molecule has 0 amide bonds. The molecular weight excluding hydrogens is 188 g/mol. The maximum atomic E-state index is 5.24. The minimum Gasteiger partial charge on any atom is -0.383 e. The van der Waals surface area contributed by atoms with E-state index in [1.54, 1.807) is 7.11 Å². The van der Waals surface area contributed by atoms with Crippen LogP contribution in [0.4, 0.5) is 0 Å². The molecule has 1 aliphatic heterocycles. The van der Waals surface area contributed by atoms with E-state index in [4.69, 9.17) is 4.74 Å². The molecular formula is C12H26N2O. The summed E-state index contributed by atoms with van der Waals surface area (Å²) in [5, 5.41) is 3.64. The number of hydrogen-bond acceptors (Lipinski definition) is 3. The Hall–Kier alpha value is -0.120. The second-order valence-electron chi connectivity index (χ2n) is 5.12. The molecule has 0 saturated carbocycles. The van der Waals surface area contributed by atoms with Gasteiger partial charge in [0.15, 0.2) is 0 Å². The summed E-state index contributed by atoms with van der Waals surface area (Å²) in [7, 11) is 1.78. The molecule has 0 aromatic heterocycles. The lowest BCUT2D eigenvalue weighted by Crippen LogP contribution is -2.64. The molecule has 3 heteroatoms. The van der Waals surface area contributed by atoms with E-state index in [1.807, 2.05) is 0 Å². The first-order valence-corrected chi connectivity index (χ1v) is 6.02. The molecule has 1 N–H and O–H groups in total. The van der Waals surface area contributed by atoms with Crippen LogP contribution in [0.15, 0.2) is 0 Å². The van der Waals surface area contributed by atoms with Crippen LogP contribution < -0.4 is 5.32 Å². The van der Waals surface area contributed by atoms with E-state index >= 15 is 0 Å². The van der Waals surface area contributed by atoms with E-state index in [0.717, 1.165) is 19.7 Å². The summed E-state index contributed by atoms with van der Waals surface area (Å²) >= 11 is 0. The second kappa shape index (κ2) is 5.28. The first kappa shape index (κ1) is 12.9. The first-order valence-electron chi connectivity index (χ1n) is 6.02. The van der Waals surface area contributed by atoms with Crippen molar-refractivity contribution >= 4 is 0 Å². The van der Waals surface area contributed by atoms with Crippen molar-refractivity contribution in [2.45, 2.75) is 51.7 Å². The minimum atomic E-state index is 0.272. The zero-order chi connectivity index (χ0) is 11.5. The fraction of sp³-hybridized carbons (Fsp3) is 1.00. The maximum Gasteiger partial charge on any atom is 0.0615 e. The Morgan fingerprint density at radius 2 is 2.27 bits per heavy atom. The molecule has 1 fully saturated rings. The highest BCUT2D eigenvalue weighted by molar-refractivity contribution is 4.94. The lowest BCUT2D eigenvalue weighted by atomic mass is 9.93. The van der Waals surface area contributed by atoms with Gasteiger partial charge in [0.2, 0.25) is 0 Å². The van der Waals surface area contributed by atoms with E-state index in [9.17, 15) is 0 Å². The normalized spacial score (nSPS) is 35.4. The third kappa shape index (κ3) is 3.16. The molecule has 0 aliphatic carbocycles. The van der Waals surface area contributed by atoms with E-state index < -0.39 is 0 Å². The van der Waals surface area contributed by atoms with Gasteiger partial charge in [-0.05, 0) is 27.2 Å². The summed E-state index contributed by atoms with van der Waals surface area (Å²) in [4.78, 5) is 2.56. The van der Waals surface area contributed by atoms with Gasteiger partial charge in [-0.1, -0.05) is 6.92 Å². The second-order valence-corrected chi connectivity index (χ2v) is 5.12. The summed E-state index contributed by atoms with van der Waals surface area (Å²) in [6, 6.07) is 1.12. The van der Waals surface area contributed by atoms with Crippen molar-refractivity contribution in [2.24, 2.45) is 0 Å². The Bertz CT molecular complexity index is 198. The van der Waals surface area contributed by atoms with Gasteiger partial charge in [-0.2, -0.15) is 0 Å². The van der Waals surface area contributed by atoms with Crippen molar-refractivity contribution < 1.29 is 4.74 Å². The van der Waals surface area contributed by atoms with Gasteiger partial charge >= 0.3 is 0 Å². The number of nitrogens with zero attached hydrogens (tertiary/aromatic N) is 1. The fourth-order valence-electron chi connectivity index (χ4n) is 2.29. The van der Waals surface area contributed by atoms with Gasteiger partial charge in [0.05, 0.1) is 6.61 Å². The van der Waals surface area contributed by atoms with E-state index in [0.29, 0.717) is 12.1 Å². The smallest absolute Gasteiger partial charge is 0.0615 e. The number of hydrogen-bond donors (Lipinski definition) is 1. The van der Waals surface area contributed by atoms with Crippen molar-refractivity contribution in [1.29, 1.82) is 0 Å². The van der Waals surface area contributed by atoms with Crippen LogP contribution in [0, 0.1) is 0 Å². The fourth-order valence-corrected chi connectivity index (χ4v) is 2.29. The SMILES string of the molecule is CCC1(C)CN(C(C)COC)C(C)CN1. The predicted molar refractivity (Wildman–Crippen MR) is 64.2 cm³/mol. The van der Waals surface area contributed by atoms with Gasteiger partial charge in [-0.15, -0.1) is 0 Å². The van der Waals surface area contributed by atoms with E-state index in [1.165, 1.54) is 6.42 Å². The Kier molecular flexibility index (Phi) is 4.56. The van der Waals surface area contributed by atoms with Crippen molar-refractivity contribution in [2.75, 3.05) is 26.8 Å². The van der Waals surface area contributed by atoms with Crippen LogP contribution in [-0.4, -0.2) is 49.3 Å². The van der Waals surface area contributed by atoms with Gasteiger partial charge in [0.25, 0.3) is 0 Å². The third-order valence-electron chi connectivity index (χ3n) is 3.68. The number of ether oxygens (including phenoxy) is 1. The molecule has 3 atom stereocenters. The van der Waals surface area contributed by atoms with Crippen LogP contribution in [0.5, 0.6) is 0 Å². The molecule has 1 heterocycles. The highest BCUT2D eigenvalue weighted by atomic mass is 16.5. The number of piperazine rings is 1. The molecule has 0 aromatic carbocycles. The summed E-state index contributed by atoms with van der Waals surface area (Å²) in [5.74, 6) is 0. The van der Waals surface area contributed by atoms with Crippen molar-refractivity contribution in [3.05, 3.63) is 0 Å². The molecule has 3 unspecified atom stereocenters. The average Bonchev–Trinajstić information content (AvgIpc) is 2.22. The lowest BCUT2D eigenvalue weighted by molar-refractivity contribution is 0.0242. The Balaban J connectivity index is 2.60. The third-order valence-corrected chi connectivity index (χ3v) is 3.68. The number of rotatable bonds is 4. The highest BCUT2D eigenvalue weighted by Crippen LogP contribution is 2.20. The summed E-state index contributed by atoms with van der Waals surface area (Å²) in [5.41, 5.74) is 0.272.